The van der Waals surface area contributed by atoms with Gasteiger partial charge in [0.1, 0.15) is 5.37 Å². The van der Waals surface area contributed by atoms with Gasteiger partial charge in [0.15, 0.2) is 0 Å². The Balaban J connectivity index is 4.70. The van der Waals surface area contributed by atoms with E-state index in [0.717, 1.165) is 0 Å². The average molecular weight is 195 g/mol. The fourth-order valence-corrected chi connectivity index (χ4v) is 2.31. The van der Waals surface area contributed by atoms with E-state index >= 15 is 0 Å². The predicted molar refractivity (Wildman–Crippen MR) is 48.5 cm³/mol. The minimum Gasteiger partial charge on any atom is -0.299 e. The van der Waals surface area contributed by atoms with Crippen molar-refractivity contribution < 1.29 is 13.0 Å². The van der Waals surface area contributed by atoms with Crippen molar-refractivity contribution in [2.75, 3.05) is 6.54 Å². The van der Waals surface area contributed by atoms with Crippen LogP contribution in [0.2, 0.25) is 0 Å². The van der Waals surface area contributed by atoms with Crippen molar-refractivity contribution in [2.45, 2.75) is 33.1 Å². The summed E-state index contributed by atoms with van der Waals surface area (Å²) in [5, 5.41) is 1.83. The van der Waals surface area contributed by atoms with Crippen molar-refractivity contribution in [3.8, 4) is 0 Å². The second-order valence-electron chi connectivity index (χ2n) is 3.82. The van der Waals surface area contributed by atoms with Crippen molar-refractivity contribution in [3.05, 3.63) is 0 Å². The van der Waals surface area contributed by atoms with Gasteiger partial charge in [0.25, 0.3) is 10.1 Å². The Labute approximate surface area is 74.1 Å². The molecule has 0 bridgehead atoms. The molecule has 2 N–H and O–H groups in total. The van der Waals surface area contributed by atoms with Crippen LogP contribution in [0.25, 0.3) is 0 Å². The first-order chi connectivity index (χ1) is 5.19. The van der Waals surface area contributed by atoms with Crippen LogP contribution < -0.4 is 5.32 Å². The Morgan fingerprint density at radius 2 is 1.83 bits per heavy atom. The summed E-state index contributed by atoms with van der Waals surface area (Å²) in [5.74, 6) is 0. The molecule has 74 valence electrons. The van der Waals surface area contributed by atoms with Gasteiger partial charge in [-0.3, -0.25) is 9.87 Å². The first-order valence-electron chi connectivity index (χ1n) is 3.89. The van der Waals surface area contributed by atoms with E-state index in [2.05, 4.69) is 5.32 Å². The van der Waals surface area contributed by atoms with Crippen molar-refractivity contribution in [1.82, 2.24) is 5.32 Å². The van der Waals surface area contributed by atoms with E-state index in [-0.39, 0.29) is 0 Å². The lowest BCUT2D eigenvalue weighted by molar-refractivity contribution is 0.316. The largest absolute Gasteiger partial charge is 0.299 e. The molecule has 0 heterocycles. The van der Waals surface area contributed by atoms with Gasteiger partial charge in [0.2, 0.25) is 0 Å². The highest BCUT2D eigenvalue weighted by molar-refractivity contribution is 7.86. The molecular formula is C7H17NO3S. The number of nitrogens with one attached hydrogen (secondary N) is 1. The second-order valence-corrected chi connectivity index (χ2v) is 5.32. The summed E-state index contributed by atoms with van der Waals surface area (Å²) in [6.07, 6.45) is 0. The minimum absolute atomic E-state index is 0.496. The van der Waals surface area contributed by atoms with Crippen LogP contribution in [0.15, 0.2) is 0 Å². The zero-order chi connectivity index (χ0) is 9.99. The molecule has 0 aromatic carbocycles. The summed E-state index contributed by atoms with van der Waals surface area (Å²) in [6, 6.07) is 0. The molecule has 4 nitrogen and oxygen atoms in total. The highest BCUT2D eigenvalue weighted by Gasteiger charge is 2.33. The smallest absolute Gasteiger partial charge is 0.281 e. The molecular weight excluding hydrogens is 178 g/mol. The molecule has 1 atom stereocenters. The normalized spacial score (nSPS) is 16.1. The summed E-state index contributed by atoms with van der Waals surface area (Å²) >= 11 is 0. The Bertz CT molecular complexity index is 228. The number of hydrogen-bond donors (Lipinski definition) is 2. The summed E-state index contributed by atoms with van der Waals surface area (Å²) in [4.78, 5) is 0. The van der Waals surface area contributed by atoms with Crippen molar-refractivity contribution in [3.63, 3.8) is 0 Å². The molecule has 0 aliphatic rings. The topological polar surface area (TPSA) is 66.4 Å². The summed E-state index contributed by atoms with van der Waals surface area (Å²) in [7, 11) is -4.00. The minimum atomic E-state index is -4.00. The third kappa shape index (κ3) is 3.51. The van der Waals surface area contributed by atoms with Crippen LogP contribution in [0.4, 0.5) is 0 Å². The van der Waals surface area contributed by atoms with E-state index in [4.69, 9.17) is 4.55 Å². The summed E-state index contributed by atoms with van der Waals surface area (Å²) in [6.45, 7) is 7.59. The van der Waals surface area contributed by atoms with Crippen LogP contribution in [-0.4, -0.2) is 24.9 Å². The van der Waals surface area contributed by atoms with E-state index in [0.29, 0.717) is 6.54 Å². The lowest BCUT2D eigenvalue weighted by atomic mass is 9.96. The van der Waals surface area contributed by atoms with Crippen LogP contribution in [0, 0.1) is 5.41 Å². The van der Waals surface area contributed by atoms with Gasteiger partial charge in [-0.15, -0.1) is 0 Å². The maximum absolute atomic E-state index is 10.9. The Kier molecular flexibility index (Phi) is 3.68. The fraction of sp³-hybridized carbons (Fsp3) is 1.00. The Morgan fingerprint density at radius 1 is 1.42 bits per heavy atom. The van der Waals surface area contributed by atoms with Gasteiger partial charge in [0.05, 0.1) is 0 Å². The van der Waals surface area contributed by atoms with Gasteiger partial charge in [-0.05, 0) is 12.0 Å². The van der Waals surface area contributed by atoms with Crippen LogP contribution in [0.1, 0.15) is 27.7 Å². The zero-order valence-corrected chi connectivity index (χ0v) is 8.77. The third-order valence-electron chi connectivity index (χ3n) is 1.47. The lowest BCUT2D eigenvalue weighted by Gasteiger charge is -2.28. The highest BCUT2D eigenvalue weighted by atomic mass is 32.2. The fourth-order valence-electron chi connectivity index (χ4n) is 1.04. The van der Waals surface area contributed by atoms with E-state index < -0.39 is 20.9 Å². The molecule has 5 heteroatoms. The van der Waals surface area contributed by atoms with Gasteiger partial charge in [-0.1, -0.05) is 27.7 Å². The molecule has 0 aliphatic carbocycles. The number of hydrogen-bond acceptors (Lipinski definition) is 3. The summed E-state index contributed by atoms with van der Waals surface area (Å²) < 4.78 is 30.6. The first kappa shape index (κ1) is 11.9. The molecule has 0 spiro atoms. The molecule has 0 amide bonds. The Morgan fingerprint density at radius 3 is 1.92 bits per heavy atom. The van der Waals surface area contributed by atoms with E-state index in [9.17, 15) is 8.42 Å². The first-order valence-corrected chi connectivity index (χ1v) is 5.39. The van der Waals surface area contributed by atoms with E-state index in [1.165, 1.54) is 0 Å². The second kappa shape index (κ2) is 3.72. The van der Waals surface area contributed by atoms with Crippen LogP contribution in [0.3, 0.4) is 0 Å². The van der Waals surface area contributed by atoms with Gasteiger partial charge >= 0.3 is 0 Å². The molecule has 0 aromatic rings. The number of rotatable bonds is 3. The molecule has 0 saturated carbocycles. The maximum Gasteiger partial charge on any atom is 0.281 e. The highest BCUT2D eigenvalue weighted by Crippen LogP contribution is 2.22. The Hall–Kier alpha value is -0.130. The molecule has 12 heavy (non-hydrogen) atoms. The standard InChI is InChI=1S/C7H17NO3S/c1-5-8-6(7(2,3)4)12(9,10)11/h6,8H,5H2,1-4H3,(H,9,10,11). The van der Waals surface area contributed by atoms with E-state index in [1.54, 1.807) is 27.7 Å². The van der Waals surface area contributed by atoms with Gasteiger partial charge in [-0.25, -0.2) is 0 Å². The summed E-state index contributed by atoms with van der Waals surface area (Å²) in [5.41, 5.74) is -0.496. The maximum atomic E-state index is 10.9. The van der Waals surface area contributed by atoms with Crippen molar-refractivity contribution in [1.29, 1.82) is 0 Å². The van der Waals surface area contributed by atoms with Crippen LogP contribution in [-0.2, 0) is 10.1 Å². The third-order valence-corrected chi connectivity index (χ3v) is 2.94. The molecule has 0 fully saturated rings. The predicted octanol–water partition coefficient (Wildman–Crippen LogP) is 0.856. The molecule has 0 aromatic heterocycles. The van der Waals surface area contributed by atoms with Crippen LogP contribution >= 0.6 is 0 Å². The van der Waals surface area contributed by atoms with Gasteiger partial charge in [0, 0.05) is 0 Å². The van der Waals surface area contributed by atoms with Crippen LogP contribution in [0.5, 0.6) is 0 Å². The molecule has 1 unspecified atom stereocenters. The zero-order valence-electron chi connectivity index (χ0n) is 7.96. The molecule has 0 rings (SSSR count). The molecule has 0 saturated heterocycles. The molecule has 0 aliphatic heterocycles. The van der Waals surface area contributed by atoms with Crippen molar-refractivity contribution >= 4 is 10.1 Å². The monoisotopic (exact) mass is 195 g/mol. The van der Waals surface area contributed by atoms with Gasteiger partial charge < -0.3 is 0 Å². The van der Waals surface area contributed by atoms with E-state index in [1.807, 2.05) is 0 Å². The quantitative estimate of drug-likeness (QED) is 0.655. The van der Waals surface area contributed by atoms with Crippen molar-refractivity contribution in [2.24, 2.45) is 5.41 Å². The lowest BCUT2D eigenvalue weighted by Crippen LogP contribution is -2.45. The van der Waals surface area contributed by atoms with Gasteiger partial charge in [-0.2, -0.15) is 8.42 Å². The average Bonchev–Trinajstić information content (AvgIpc) is 1.77. The molecule has 0 radical (unpaired) electrons. The SMILES string of the molecule is CCNC(C(C)(C)C)S(=O)(=O)O.